The number of nitrogens with one attached hydrogen (secondary N) is 1. The first-order chi connectivity index (χ1) is 11.1. The molecule has 0 amide bonds. The molecule has 0 bridgehead atoms. The van der Waals surface area contributed by atoms with Crippen molar-refractivity contribution in [1.82, 2.24) is 14.9 Å². The van der Waals surface area contributed by atoms with E-state index in [2.05, 4.69) is 10.3 Å². The molecule has 3 aromatic rings. The third kappa shape index (κ3) is 3.11. The van der Waals surface area contributed by atoms with Crippen molar-refractivity contribution in [3.8, 4) is 0 Å². The molecule has 0 saturated heterocycles. The van der Waals surface area contributed by atoms with Crippen molar-refractivity contribution < 1.29 is 5.11 Å². The van der Waals surface area contributed by atoms with Crippen LogP contribution in [0.2, 0.25) is 5.15 Å². The first-order valence-corrected chi connectivity index (χ1v) is 8.01. The fraction of sp³-hybridized carbons (Fsp3) is 0.278. The predicted octanol–water partition coefficient (Wildman–Crippen LogP) is 3.17. The van der Waals surface area contributed by atoms with Crippen LogP contribution in [0.25, 0.3) is 10.9 Å². The highest BCUT2D eigenvalue weighted by atomic mass is 35.5. The number of benzene rings is 1. The van der Waals surface area contributed by atoms with Gasteiger partial charge in [-0.15, -0.1) is 0 Å². The van der Waals surface area contributed by atoms with Gasteiger partial charge in [-0.1, -0.05) is 41.9 Å². The Morgan fingerprint density at radius 2 is 2.00 bits per heavy atom. The SMILES string of the molecule is CNC[C@@H](O)[C@H](c1ccccc1)n1ccc2cc(C)nc(Cl)c21. The summed E-state index contributed by atoms with van der Waals surface area (Å²) in [4.78, 5) is 4.36. The van der Waals surface area contributed by atoms with Gasteiger partial charge in [-0.3, -0.25) is 0 Å². The molecule has 120 valence electrons. The lowest BCUT2D eigenvalue weighted by Gasteiger charge is -2.26. The maximum atomic E-state index is 10.7. The fourth-order valence-corrected chi connectivity index (χ4v) is 3.38. The van der Waals surface area contributed by atoms with Crippen LogP contribution in [0.4, 0.5) is 0 Å². The number of nitrogens with zero attached hydrogens (tertiary/aromatic N) is 2. The summed E-state index contributed by atoms with van der Waals surface area (Å²) >= 11 is 6.39. The molecule has 2 heterocycles. The number of likely N-dealkylation sites (N-methyl/N-ethyl adjacent to an activating group) is 1. The van der Waals surface area contributed by atoms with Crippen LogP contribution in [0.3, 0.4) is 0 Å². The molecule has 0 aliphatic heterocycles. The van der Waals surface area contributed by atoms with Crippen molar-refractivity contribution in [2.45, 2.75) is 19.1 Å². The fourth-order valence-electron chi connectivity index (χ4n) is 3.04. The Hall–Kier alpha value is -1.88. The summed E-state index contributed by atoms with van der Waals surface area (Å²) in [6.07, 6.45) is 1.38. The minimum atomic E-state index is -0.588. The minimum Gasteiger partial charge on any atom is -0.389 e. The largest absolute Gasteiger partial charge is 0.389 e. The Balaban J connectivity index is 2.17. The summed E-state index contributed by atoms with van der Waals surface area (Å²) < 4.78 is 2.02. The normalized spacial score (nSPS) is 14.1. The monoisotopic (exact) mass is 329 g/mol. The number of pyridine rings is 1. The molecule has 1 aromatic carbocycles. The number of hydrogen-bond acceptors (Lipinski definition) is 3. The number of halogens is 1. The van der Waals surface area contributed by atoms with E-state index < -0.39 is 6.10 Å². The highest BCUT2D eigenvalue weighted by molar-refractivity contribution is 6.33. The van der Waals surface area contributed by atoms with Crippen LogP contribution in [0.15, 0.2) is 48.7 Å². The smallest absolute Gasteiger partial charge is 0.153 e. The molecule has 0 aliphatic rings. The van der Waals surface area contributed by atoms with Gasteiger partial charge >= 0.3 is 0 Å². The van der Waals surface area contributed by atoms with E-state index in [1.165, 1.54) is 0 Å². The second kappa shape index (κ2) is 6.71. The van der Waals surface area contributed by atoms with Crippen LogP contribution in [0.5, 0.6) is 0 Å². The van der Waals surface area contributed by atoms with E-state index in [9.17, 15) is 5.11 Å². The first kappa shape index (κ1) is 16.0. The lowest BCUT2D eigenvalue weighted by molar-refractivity contribution is 0.132. The quantitative estimate of drug-likeness (QED) is 0.707. The minimum absolute atomic E-state index is 0.233. The van der Waals surface area contributed by atoms with Crippen molar-refractivity contribution in [3.63, 3.8) is 0 Å². The number of hydrogen-bond donors (Lipinski definition) is 2. The second-order valence-corrected chi connectivity index (χ2v) is 6.05. The number of aliphatic hydroxyl groups excluding tert-OH is 1. The summed E-state index contributed by atoms with van der Waals surface area (Å²) in [5.74, 6) is 0. The summed E-state index contributed by atoms with van der Waals surface area (Å²) in [5.41, 5.74) is 2.76. The molecular formula is C18H20ClN3O. The molecule has 2 atom stereocenters. The predicted molar refractivity (Wildman–Crippen MR) is 94.0 cm³/mol. The Labute approximate surface area is 140 Å². The van der Waals surface area contributed by atoms with Crippen LogP contribution in [-0.4, -0.2) is 34.4 Å². The molecule has 2 aromatic heterocycles. The van der Waals surface area contributed by atoms with Crippen LogP contribution in [-0.2, 0) is 0 Å². The zero-order valence-corrected chi connectivity index (χ0v) is 14.0. The zero-order valence-electron chi connectivity index (χ0n) is 13.2. The maximum Gasteiger partial charge on any atom is 0.153 e. The number of fused-ring (bicyclic) bond motifs is 1. The van der Waals surface area contributed by atoms with Gasteiger partial charge in [-0.25, -0.2) is 4.98 Å². The third-order valence-corrected chi connectivity index (χ3v) is 4.26. The molecule has 0 unspecified atom stereocenters. The average molecular weight is 330 g/mol. The lowest BCUT2D eigenvalue weighted by Crippen LogP contribution is -2.33. The summed E-state index contributed by atoms with van der Waals surface area (Å²) in [6, 6.07) is 13.7. The summed E-state index contributed by atoms with van der Waals surface area (Å²) in [5, 5.41) is 15.2. The van der Waals surface area contributed by atoms with E-state index in [0.717, 1.165) is 22.2 Å². The Morgan fingerprint density at radius 1 is 1.26 bits per heavy atom. The van der Waals surface area contributed by atoms with Gasteiger partial charge < -0.3 is 15.0 Å². The second-order valence-electron chi connectivity index (χ2n) is 5.70. The summed E-state index contributed by atoms with van der Waals surface area (Å²) in [6.45, 7) is 2.41. The van der Waals surface area contributed by atoms with Crippen molar-refractivity contribution in [2.75, 3.05) is 13.6 Å². The summed E-state index contributed by atoms with van der Waals surface area (Å²) in [7, 11) is 1.83. The van der Waals surface area contributed by atoms with Gasteiger partial charge in [0.1, 0.15) is 0 Å². The van der Waals surface area contributed by atoms with Gasteiger partial charge in [0.15, 0.2) is 5.15 Å². The Bertz CT molecular complexity index is 801. The molecular weight excluding hydrogens is 310 g/mol. The Morgan fingerprint density at radius 3 is 2.70 bits per heavy atom. The maximum absolute atomic E-state index is 10.7. The van der Waals surface area contributed by atoms with Crippen LogP contribution in [0.1, 0.15) is 17.3 Å². The van der Waals surface area contributed by atoms with Gasteiger partial charge in [-0.05, 0) is 31.7 Å². The van der Waals surface area contributed by atoms with E-state index in [-0.39, 0.29) is 6.04 Å². The van der Waals surface area contributed by atoms with Gasteiger partial charge in [-0.2, -0.15) is 0 Å². The molecule has 4 nitrogen and oxygen atoms in total. The standard InChI is InChI=1S/C18H20ClN3O/c1-12-10-14-8-9-22(17(14)18(19)21-12)16(15(23)11-20-2)13-6-4-3-5-7-13/h3-10,15-16,20,23H,11H2,1-2H3/t15-,16+/m1/s1. The van der Waals surface area contributed by atoms with Crippen molar-refractivity contribution >= 4 is 22.5 Å². The number of aromatic nitrogens is 2. The van der Waals surface area contributed by atoms with E-state index >= 15 is 0 Å². The van der Waals surface area contributed by atoms with Gasteiger partial charge in [0.2, 0.25) is 0 Å². The molecule has 0 aliphatic carbocycles. The van der Waals surface area contributed by atoms with Crippen LogP contribution >= 0.6 is 11.6 Å². The van der Waals surface area contributed by atoms with Crippen molar-refractivity contribution in [2.24, 2.45) is 0 Å². The number of aliphatic hydroxyl groups is 1. The van der Waals surface area contributed by atoms with Crippen LogP contribution < -0.4 is 5.32 Å². The van der Waals surface area contributed by atoms with E-state index in [4.69, 9.17) is 11.6 Å². The Kier molecular flexibility index (Phi) is 4.66. The topological polar surface area (TPSA) is 50.1 Å². The average Bonchev–Trinajstić information content (AvgIpc) is 2.93. The van der Waals surface area contributed by atoms with E-state index in [1.54, 1.807) is 0 Å². The van der Waals surface area contributed by atoms with E-state index in [1.807, 2.05) is 67.2 Å². The molecule has 0 radical (unpaired) electrons. The lowest BCUT2D eigenvalue weighted by atomic mass is 10.0. The third-order valence-electron chi connectivity index (χ3n) is 4.00. The van der Waals surface area contributed by atoms with Crippen molar-refractivity contribution in [1.29, 1.82) is 0 Å². The van der Waals surface area contributed by atoms with Crippen LogP contribution in [0, 0.1) is 6.92 Å². The molecule has 0 spiro atoms. The molecule has 0 saturated carbocycles. The number of rotatable bonds is 5. The highest BCUT2D eigenvalue weighted by Gasteiger charge is 2.24. The van der Waals surface area contributed by atoms with Gasteiger partial charge in [0.05, 0.1) is 17.7 Å². The highest BCUT2D eigenvalue weighted by Crippen LogP contribution is 2.31. The van der Waals surface area contributed by atoms with E-state index in [0.29, 0.717) is 11.7 Å². The first-order valence-electron chi connectivity index (χ1n) is 7.63. The molecule has 3 rings (SSSR count). The molecule has 23 heavy (non-hydrogen) atoms. The molecule has 5 heteroatoms. The molecule has 0 fully saturated rings. The number of aryl methyl sites for hydroxylation is 1. The van der Waals surface area contributed by atoms with Crippen molar-refractivity contribution in [3.05, 3.63) is 65.1 Å². The zero-order chi connectivity index (χ0) is 16.4. The van der Waals surface area contributed by atoms with Gasteiger partial charge in [0, 0.05) is 23.8 Å². The van der Waals surface area contributed by atoms with Gasteiger partial charge in [0.25, 0.3) is 0 Å². The molecule has 2 N–H and O–H groups in total.